The second-order valence-corrected chi connectivity index (χ2v) is 7.30. The molecule has 1 aromatic rings. The minimum Gasteiger partial charge on any atom is -0.378 e. The summed E-state index contributed by atoms with van der Waals surface area (Å²) >= 11 is 0. The Morgan fingerprint density at radius 3 is 2.84 bits per heavy atom. The topological polar surface area (TPSA) is 78.2 Å². The van der Waals surface area contributed by atoms with Crippen molar-refractivity contribution in [2.24, 2.45) is 5.92 Å². The minimum atomic E-state index is -0.0198. The maximum atomic E-state index is 12.2. The lowest BCUT2D eigenvalue weighted by atomic mass is 10.1. The van der Waals surface area contributed by atoms with E-state index in [1.807, 2.05) is 6.92 Å². The van der Waals surface area contributed by atoms with Crippen molar-refractivity contribution >= 4 is 5.91 Å². The summed E-state index contributed by atoms with van der Waals surface area (Å²) in [4.78, 5) is 24.0. The van der Waals surface area contributed by atoms with Crippen LogP contribution in [0.5, 0.6) is 0 Å². The summed E-state index contributed by atoms with van der Waals surface area (Å²) in [5, 5.41) is 7.27. The molecule has 0 aliphatic carbocycles. The number of fused-ring (bicyclic) bond motifs is 1. The van der Waals surface area contributed by atoms with Crippen molar-refractivity contribution in [2.45, 2.75) is 78.5 Å². The first-order chi connectivity index (χ1) is 12.0. The Kier molecular flexibility index (Phi) is 7.68. The highest BCUT2D eigenvalue weighted by atomic mass is 16.5. The number of nitrogens with one attached hydrogen (secondary N) is 1. The van der Waals surface area contributed by atoms with Gasteiger partial charge in [-0.25, -0.2) is 9.48 Å². The predicted octanol–water partition coefficient (Wildman–Crippen LogP) is 1.73. The summed E-state index contributed by atoms with van der Waals surface area (Å²) in [5.41, 5.74) is -0.0198. The van der Waals surface area contributed by atoms with Gasteiger partial charge in [0.05, 0.1) is 12.7 Å². The fraction of sp³-hybridized carbons (Fsp3) is 0.833. The van der Waals surface area contributed by atoms with Crippen molar-refractivity contribution in [1.29, 1.82) is 0 Å². The predicted molar refractivity (Wildman–Crippen MR) is 96.5 cm³/mol. The summed E-state index contributed by atoms with van der Waals surface area (Å²) in [7, 11) is 0. The fourth-order valence-electron chi connectivity index (χ4n) is 3.22. The average Bonchev–Trinajstić information content (AvgIpc) is 2.87. The molecule has 1 atom stereocenters. The van der Waals surface area contributed by atoms with Crippen molar-refractivity contribution in [3.05, 3.63) is 16.3 Å². The number of hydrogen-bond acceptors (Lipinski definition) is 4. The van der Waals surface area contributed by atoms with Crippen LogP contribution in [0.25, 0.3) is 0 Å². The van der Waals surface area contributed by atoms with E-state index in [0.717, 1.165) is 38.1 Å². The first-order valence-corrected chi connectivity index (χ1v) is 9.52. The van der Waals surface area contributed by atoms with Crippen molar-refractivity contribution in [3.63, 3.8) is 0 Å². The number of amides is 1. The maximum absolute atomic E-state index is 12.2. The normalized spacial score (nSPS) is 15.2. The molecule has 0 radical (unpaired) electrons. The zero-order valence-corrected chi connectivity index (χ0v) is 15.8. The second kappa shape index (κ2) is 9.75. The third kappa shape index (κ3) is 6.30. The molecule has 1 aliphatic heterocycles. The van der Waals surface area contributed by atoms with Crippen molar-refractivity contribution < 1.29 is 9.53 Å². The largest absolute Gasteiger partial charge is 0.378 e. The van der Waals surface area contributed by atoms with E-state index < -0.39 is 0 Å². The van der Waals surface area contributed by atoms with Crippen molar-refractivity contribution in [1.82, 2.24) is 19.7 Å². The number of ether oxygens (including phenoxy) is 1. The summed E-state index contributed by atoms with van der Waals surface area (Å²) in [5.74, 6) is 1.49. The van der Waals surface area contributed by atoms with Crippen LogP contribution in [0.2, 0.25) is 0 Å². The highest BCUT2D eigenvalue weighted by molar-refractivity contribution is 5.75. The first kappa shape index (κ1) is 19.7. The van der Waals surface area contributed by atoms with E-state index in [4.69, 9.17) is 4.74 Å². The van der Waals surface area contributed by atoms with Gasteiger partial charge in [0.1, 0.15) is 5.82 Å². The van der Waals surface area contributed by atoms with Crippen LogP contribution in [0, 0.1) is 5.92 Å². The van der Waals surface area contributed by atoms with E-state index >= 15 is 0 Å². The lowest BCUT2D eigenvalue weighted by Crippen LogP contribution is -2.30. The van der Waals surface area contributed by atoms with Crippen LogP contribution in [0.15, 0.2) is 4.79 Å². The van der Waals surface area contributed by atoms with Gasteiger partial charge < -0.3 is 10.1 Å². The number of aryl methyl sites for hydroxylation is 2. The standard InChI is InChI=1S/C18H32N4O3/c1-14(2)13-15(3)25-12-8-17(23)19-9-6-11-22-18(24)21-10-5-4-7-16(21)20-22/h14-15H,4-13H2,1-3H3,(H,19,23)/t15-/m1/s1. The van der Waals surface area contributed by atoms with Crippen molar-refractivity contribution in [2.75, 3.05) is 13.2 Å². The lowest BCUT2D eigenvalue weighted by molar-refractivity contribution is -0.122. The molecule has 1 aliphatic rings. The second-order valence-electron chi connectivity index (χ2n) is 7.30. The van der Waals surface area contributed by atoms with Gasteiger partial charge in [-0.1, -0.05) is 13.8 Å². The zero-order chi connectivity index (χ0) is 18.2. The number of nitrogens with zero attached hydrogens (tertiary/aromatic N) is 3. The van der Waals surface area contributed by atoms with E-state index in [-0.39, 0.29) is 17.7 Å². The molecule has 2 heterocycles. The molecule has 1 amide bonds. The van der Waals surface area contributed by atoms with Crippen LogP contribution in [0.4, 0.5) is 0 Å². The molecule has 2 rings (SSSR count). The highest BCUT2D eigenvalue weighted by Crippen LogP contribution is 2.09. The van der Waals surface area contributed by atoms with Crippen LogP contribution in [0.1, 0.15) is 58.7 Å². The van der Waals surface area contributed by atoms with Gasteiger partial charge in [-0.3, -0.25) is 9.36 Å². The van der Waals surface area contributed by atoms with Gasteiger partial charge in [0, 0.05) is 32.5 Å². The van der Waals surface area contributed by atoms with Crippen LogP contribution < -0.4 is 11.0 Å². The van der Waals surface area contributed by atoms with Gasteiger partial charge in [0.15, 0.2) is 0 Å². The van der Waals surface area contributed by atoms with Gasteiger partial charge in [-0.2, -0.15) is 5.10 Å². The Morgan fingerprint density at radius 1 is 1.32 bits per heavy atom. The highest BCUT2D eigenvalue weighted by Gasteiger charge is 2.16. The molecular weight excluding hydrogens is 320 g/mol. The van der Waals surface area contributed by atoms with Gasteiger partial charge >= 0.3 is 5.69 Å². The van der Waals surface area contributed by atoms with Gasteiger partial charge in [0.25, 0.3) is 0 Å². The fourth-order valence-corrected chi connectivity index (χ4v) is 3.22. The SMILES string of the molecule is CC(C)C[C@@H](C)OCCC(=O)NCCCn1nc2n(c1=O)CCCC2. The number of aromatic nitrogens is 3. The quantitative estimate of drug-likeness (QED) is 0.651. The van der Waals surface area contributed by atoms with E-state index in [0.29, 0.717) is 38.5 Å². The molecule has 0 saturated carbocycles. The van der Waals surface area contributed by atoms with Gasteiger partial charge in [-0.05, 0) is 38.5 Å². The molecule has 0 bridgehead atoms. The Labute approximate surface area is 149 Å². The molecule has 25 heavy (non-hydrogen) atoms. The van der Waals surface area contributed by atoms with Crippen LogP contribution in [-0.2, 0) is 29.0 Å². The average molecular weight is 352 g/mol. The number of rotatable bonds is 10. The molecule has 0 unspecified atom stereocenters. The summed E-state index contributed by atoms with van der Waals surface area (Å²) in [6, 6.07) is 0. The van der Waals surface area contributed by atoms with Crippen molar-refractivity contribution in [3.8, 4) is 0 Å². The first-order valence-electron chi connectivity index (χ1n) is 9.52. The molecule has 1 N–H and O–H groups in total. The van der Waals surface area contributed by atoms with E-state index in [1.54, 1.807) is 4.57 Å². The molecule has 0 aromatic carbocycles. The molecule has 1 aromatic heterocycles. The minimum absolute atomic E-state index is 0.00627. The zero-order valence-electron chi connectivity index (χ0n) is 15.8. The monoisotopic (exact) mass is 352 g/mol. The molecule has 7 nitrogen and oxygen atoms in total. The maximum Gasteiger partial charge on any atom is 0.345 e. The van der Waals surface area contributed by atoms with E-state index in [1.165, 1.54) is 4.68 Å². The number of carbonyl (C=O) groups is 1. The molecule has 7 heteroatoms. The Hall–Kier alpha value is -1.63. The van der Waals surface area contributed by atoms with E-state index in [2.05, 4.69) is 24.3 Å². The van der Waals surface area contributed by atoms with Crippen LogP contribution in [0.3, 0.4) is 0 Å². The van der Waals surface area contributed by atoms with Gasteiger partial charge in [-0.15, -0.1) is 0 Å². The third-order valence-corrected chi connectivity index (χ3v) is 4.44. The van der Waals surface area contributed by atoms with Crippen LogP contribution in [-0.4, -0.2) is 39.5 Å². The molecule has 0 saturated heterocycles. The lowest BCUT2D eigenvalue weighted by Gasteiger charge is -2.14. The smallest absolute Gasteiger partial charge is 0.345 e. The molecule has 0 fully saturated rings. The summed E-state index contributed by atoms with van der Waals surface area (Å²) < 4.78 is 8.95. The third-order valence-electron chi connectivity index (χ3n) is 4.44. The Bertz CT molecular complexity index is 606. The molecule has 0 spiro atoms. The summed E-state index contributed by atoms with van der Waals surface area (Å²) in [6.07, 6.45) is 5.30. The Morgan fingerprint density at radius 2 is 2.12 bits per heavy atom. The van der Waals surface area contributed by atoms with E-state index in [9.17, 15) is 9.59 Å². The molecule has 142 valence electrons. The number of hydrogen-bond donors (Lipinski definition) is 1. The molecular formula is C18H32N4O3. The Balaban J connectivity index is 1.60. The van der Waals surface area contributed by atoms with Crippen LogP contribution >= 0.6 is 0 Å². The summed E-state index contributed by atoms with van der Waals surface area (Å²) in [6.45, 7) is 8.69. The number of carbonyl (C=O) groups excluding carboxylic acids is 1. The van der Waals surface area contributed by atoms with Gasteiger partial charge in [0.2, 0.25) is 5.91 Å².